The first-order valence-electron chi connectivity index (χ1n) is 8.11. The fourth-order valence-electron chi connectivity index (χ4n) is 2.43. The van der Waals surface area contributed by atoms with Crippen LogP contribution < -0.4 is 10.6 Å². The summed E-state index contributed by atoms with van der Waals surface area (Å²) in [4.78, 5) is 20.0. The molecule has 0 aliphatic rings. The summed E-state index contributed by atoms with van der Waals surface area (Å²) in [6.45, 7) is 4.35. The maximum Gasteiger partial charge on any atom is 0.229 e. The summed E-state index contributed by atoms with van der Waals surface area (Å²) >= 11 is 0. The first-order valence-corrected chi connectivity index (χ1v) is 8.11. The third-order valence-corrected chi connectivity index (χ3v) is 3.92. The first kappa shape index (κ1) is 16.6. The van der Waals surface area contributed by atoms with Crippen LogP contribution in [0.5, 0.6) is 0 Å². The van der Waals surface area contributed by atoms with E-state index in [1.807, 2.05) is 30.3 Å². The Morgan fingerprint density at radius 2 is 1.80 bits per heavy atom. The Hall–Kier alpha value is -3.21. The molecule has 0 spiro atoms. The molecule has 0 saturated heterocycles. The Morgan fingerprint density at radius 1 is 1.04 bits per heavy atom. The van der Waals surface area contributed by atoms with Crippen LogP contribution in [0.3, 0.4) is 0 Å². The predicted octanol–water partition coefficient (Wildman–Crippen LogP) is 4.34. The average molecular weight is 332 g/mol. The summed E-state index contributed by atoms with van der Waals surface area (Å²) in [7, 11) is 0. The minimum Gasteiger partial charge on any atom is -0.366 e. The summed E-state index contributed by atoms with van der Waals surface area (Å²) in [6, 6.07) is 17.3. The van der Waals surface area contributed by atoms with E-state index in [2.05, 4.69) is 39.7 Å². The summed E-state index contributed by atoms with van der Waals surface area (Å²) in [5.41, 5.74) is 3.99. The molecule has 5 heteroatoms. The molecule has 5 nitrogen and oxygen atoms in total. The van der Waals surface area contributed by atoms with Crippen molar-refractivity contribution in [1.82, 2.24) is 9.97 Å². The van der Waals surface area contributed by atoms with Crippen molar-refractivity contribution in [2.45, 2.75) is 20.4 Å². The second-order valence-electron chi connectivity index (χ2n) is 5.80. The fourth-order valence-corrected chi connectivity index (χ4v) is 2.43. The van der Waals surface area contributed by atoms with Gasteiger partial charge in [-0.3, -0.25) is 4.79 Å². The molecule has 1 heterocycles. The zero-order chi connectivity index (χ0) is 17.6. The highest BCUT2D eigenvalue weighted by atomic mass is 16.1. The largest absolute Gasteiger partial charge is 0.366 e. The van der Waals surface area contributed by atoms with Gasteiger partial charge in [-0.15, -0.1) is 0 Å². The van der Waals surface area contributed by atoms with Gasteiger partial charge >= 0.3 is 0 Å². The van der Waals surface area contributed by atoms with Gasteiger partial charge in [0.1, 0.15) is 5.82 Å². The average Bonchev–Trinajstić information content (AvgIpc) is 2.62. The van der Waals surface area contributed by atoms with E-state index in [0.29, 0.717) is 18.1 Å². The third kappa shape index (κ3) is 4.41. The molecule has 0 aliphatic carbocycles. The molecule has 0 atom stereocenters. The van der Waals surface area contributed by atoms with E-state index < -0.39 is 0 Å². The highest BCUT2D eigenvalue weighted by Gasteiger charge is 2.03. The molecule has 3 aromatic rings. The lowest BCUT2D eigenvalue weighted by Gasteiger charge is -2.10. The molecule has 2 N–H and O–H groups in total. The number of nitrogens with zero attached hydrogens (tertiary/aromatic N) is 2. The second kappa shape index (κ2) is 7.57. The van der Waals surface area contributed by atoms with Gasteiger partial charge in [0.2, 0.25) is 5.95 Å². The molecule has 0 saturated carbocycles. The fraction of sp³-hybridized carbons (Fsp3) is 0.150. The monoisotopic (exact) mass is 332 g/mol. The van der Waals surface area contributed by atoms with Crippen molar-refractivity contribution < 1.29 is 4.79 Å². The van der Waals surface area contributed by atoms with Crippen molar-refractivity contribution in [3.63, 3.8) is 0 Å². The SMILES string of the molecule is CC(=O)c1ccc(Nc2nccc(NCc3ccccc3C)n2)cc1. The lowest BCUT2D eigenvalue weighted by Crippen LogP contribution is -2.05. The number of rotatable bonds is 6. The molecule has 126 valence electrons. The number of aryl methyl sites for hydroxylation is 1. The molecule has 0 unspecified atom stereocenters. The molecule has 1 aromatic heterocycles. The van der Waals surface area contributed by atoms with Crippen LogP contribution in [0.4, 0.5) is 17.5 Å². The van der Waals surface area contributed by atoms with E-state index >= 15 is 0 Å². The Bertz CT molecular complexity index is 875. The standard InChI is InChI=1S/C20H20N4O/c1-14-5-3-4-6-17(14)13-22-19-11-12-21-20(24-19)23-18-9-7-16(8-10-18)15(2)25/h3-12H,13H2,1-2H3,(H2,21,22,23,24). The van der Waals surface area contributed by atoms with Crippen molar-refractivity contribution in [2.24, 2.45) is 0 Å². The molecule has 3 rings (SSSR count). The van der Waals surface area contributed by atoms with Crippen LogP contribution in [0.2, 0.25) is 0 Å². The Labute approximate surface area is 147 Å². The molecule has 0 amide bonds. The van der Waals surface area contributed by atoms with Crippen LogP contribution in [0.1, 0.15) is 28.4 Å². The summed E-state index contributed by atoms with van der Waals surface area (Å²) in [5, 5.41) is 6.46. The molecule has 0 bridgehead atoms. The van der Waals surface area contributed by atoms with Crippen molar-refractivity contribution in [1.29, 1.82) is 0 Å². The second-order valence-corrected chi connectivity index (χ2v) is 5.80. The van der Waals surface area contributed by atoms with E-state index in [0.717, 1.165) is 11.5 Å². The van der Waals surface area contributed by atoms with Gasteiger partial charge in [0.05, 0.1) is 0 Å². The zero-order valence-electron chi connectivity index (χ0n) is 14.3. The van der Waals surface area contributed by atoms with Crippen LogP contribution in [-0.2, 0) is 6.54 Å². The van der Waals surface area contributed by atoms with Crippen molar-refractivity contribution in [3.05, 3.63) is 77.5 Å². The molecule has 25 heavy (non-hydrogen) atoms. The number of nitrogens with one attached hydrogen (secondary N) is 2. The van der Waals surface area contributed by atoms with Gasteiger partial charge in [0.15, 0.2) is 5.78 Å². The molecule has 2 aromatic carbocycles. The molecule has 0 aliphatic heterocycles. The van der Waals surface area contributed by atoms with Gasteiger partial charge < -0.3 is 10.6 Å². The number of aromatic nitrogens is 2. The normalized spacial score (nSPS) is 10.3. The molecular weight excluding hydrogens is 312 g/mol. The number of benzene rings is 2. The topological polar surface area (TPSA) is 66.9 Å². The minimum absolute atomic E-state index is 0.0465. The van der Waals surface area contributed by atoms with E-state index in [1.54, 1.807) is 25.3 Å². The van der Waals surface area contributed by atoms with E-state index in [-0.39, 0.29) is 5.78 Å². The van der Waals surface area contributed by atoms with Crippen molar-refractivity contribution in [3.8, 4) is 0 Å². The van der Waals surface area contributed by atoms with Crippen molar-refractivity contribution in [2.75, 3.05) is 10.6 Å². The molecule has 0 radical (unpaired) electrons. The van der Waals surface area contributed by atoms with Gasteiger partial charge in [-0.1, -0.05) is 24.3 Å². The first-order chi connectivity index (χ1) is 12.1. The summed E-state index contributed by atoms with van der Waals surface area (Å²) in [6.07, 6.45) is 1.71. The van der Waals surface area contributed by atoms with E-state index in [4.69, 9.17) is 0 Å². The lowest BCUT2D eigenvalue weighted by molar-refractivity contribution is 0.101. The Kier molecular flexibility index (Phi) is 5.04. The van der Waals surface area contributed by atoms with Crippen LogP contribution in [0.15, 0.2) is 60.8 Å². The number of ketones is 1. The molecule has 0 fully saturated rings. The minimum atomic E-state index is 0.0465. The van der Waals surface area contributed by atoms with Gasteiger partial charge in [0, 0.05) is 24.0 Å². The number of anilines is 3. The van der Waals surface area contributed by atoms with Crippen LogP contribution >= 0.6 is 0 Å². The smallest absolute Gasteiger partial charge is 0.229 e. The van der Waals surface area contributed by atoms with Crippen LogP contribution in [0.25, 0.3) is 0 Å². The van der Waals surface area contributed by atoms with Crippen LogP contribution in [0, 0.1) is 6.92 Å². The maximum absolute atomic E-state index is 11.3. The highest BCUT2D eigenvalue weighted by molar-refractivity contribution is 5.94. The maximum atomic E-state index is 11.3. The van der Waals surface area contributed by atoms with E-state index in [9.17, 15) is 4.79 Å². The highest BCUT2D eigenvalue weighted by Crippen LogP contribution is 2.16. The Balaban J connectivity index is 1.67. The summed E-state index contributed by atoms with van der Waals surface area (Å²) in [5.74, 6) is 1.30. The number of carbonyl (C=O) groups excluding carboxylic acids is 1. The Morgan fingerprint density at radius 3 is 2.52 bits per heavy atom. The predicted molar refractivity (Wildman–Crippen MR) is 100 cm³/mol. The van der Waals surface area contributed by atoms with Gasteiger partial charge in [0.25, 0.3) is 0 Å². The quantitative estimate of drug-likeness (QED) is 0.657. The van der Waals surface area contributed by atoms with Crippen molar-refractivity contribution >= 4 is 23.2 Å². The number of hydrogen-bond acceptors (Lipinski definition) is 5. The van der Waals surface area contributed by atoms with E-state index in [1.165, 1.54) is 11.1 Å². The van der Waals surface area contributed by atoms with Crippen LogP contribution in [-0.4, -0.2) is 15.8 Å². The third-order valence-electron chi connectivity index (χ3n) is 3.92. The molecular formula is C20H20N4O. The van der Waals surface area contributed by atoms with Gasteiger partial charge in [-0.2, -0.15) is 4.98 Å². The number of carbonyl (C=O) groups is 1. The summed E-state index contributed by atoms with van der Waals surface area (Å²) < 4.78 is 0. The number of hydrogen-bond donors (Lipinski definition) is 2. The number of Topliss-reactive ketones (excluding diaryl/α,β-unsaturated/α-hetero) is 1. The zero-order valence-corrected chi connectivity index (χ0v) is 14.3. The van der Waals surface area contributed by atoms with Gasteiger partial charge in [-0.05, 0) is 55.3 Å². The lowest BCUT2D eigenvalue weighted by atomic mass is 10.1. The van der Waals surface area contributed by atoms with Gasteiger partial charge in [-0.25, -0.2) is 4.98 Å².